The average molecular weight is 229 g/mol. The van der Waals surface area contributed by atoms with Crippen molar-refractivity contribution in [3.8, 4) is 0 Å². The first-order chi connectivity index (χ1) is 8.20. The molecule has 0 N–H and O–H groups in total. The maximum atomic E-state index is 12.1. The summed E-state index contributed by atoms with van der Waals surface area (Å²) in [5.74, 6) is 0.348. The predicted octanol–water partition coefficient (Wildman–Crippen LogP) is 3.15. The van der Waals surface area contributed by atoms with Gasteiger partial charge in [0.25, 0.3) is 0 Å². The molecule has 0 radical (unpaired) electrons. The molecule has 1 amide bonds. The van der Waals surface area contributed by atoms with E-state index < -0.39 is 0 Å². The number of likely N-dealkylation sites (tertiary alicyclic amines) is 1. The second-order valence-electron chi connectivity index (χ2n) is 5.64. The van der Waals surface area contributed by atoms with Crippen molar-refractivity contribution in [1.29, 1.82) is 0 Å². The molecule has 1 aromatic rings. The Morgan fingerprint density at radius 2 is 1.94 bits per heavy atom. The molecule has 2 aliphatic rings. The third kappa shape index (κ3) is 1.76. The van der Waals surface area contributed by atoms with Crippen molar-refractivity contribution < 1.29 is 4.79 Å². The fourth-order valence-electron chi connectivity index (χ4n) is 3.20. The number of carbonyl (C=O) groups is 1. The van der Waals surface area contributed by atoms with Crippen LogP contribution < -0.4 is 0 Å². The Labute approximate surface area is 103 Å². The summed E-state index contributed by atoms with van der Waals surface area (Å²) < 4.78 is 0. The summed E-state index contributed by atoms with van der Waals surface area (Å²) in [6.07, 6.45) is 4.58. The lowest BCUT2D eigenvalue weighted by molar-refractivity contribution is -0.129. The molecule has 0 unspecified atom stereocenters. The molecule has 3 rings (SSSR count). The van der Waals surface area contributed by atoms with Crippen LogP contribution in [0.5, 0.6) is 0 Å². The predicted molar refractivity (Wildman–Crippen MR) is 67.5 cm³/mol. The Morgan fingerprint density at radius 3 is 2.47 bits per heavy atom. The van der Waals surface area contributed by atoms with Crippen LogP contribution in [0.2, 0.25) is 0 Å². The fourth-order valence-corrected chi connectivity index (χ4v) is 3.20. The van der Waals surface area contributed by atoms with Crippen LogP contribution in [0.3, 0.4) is 0 Å². The van der Waals surface area contributed by atoms with Gasteiger partial charge >= 0.3 is 0 Å². The van der Waals surface area contributed by atoms with Gasteiger partial charge < -0.3 is 4.90 Å². The number of nitrogens with zero attached hydrogens (tertiary/aromatic N) is 1. The van der Waals surface area contributed by atoms with Crippen LogP contribution in [0, 0.1) is 5.41 Å². The number of amides is 1. The summed E-state index contributed by atoms with van der Waals surface area (Å²) in [4.78, 5) is 14.2. The van der Waals surface area contributed by atoms with Crippen molar-refractivity contribution in [3.05, 3.63) is 35.9 Å². The van der Waals surface area contributed by atoms with Gasteiger partial charge in [-0.2, -0.15) is 0 Å². The van der Waals surface area contributed by atoms with Gasteiger partial charge in [-0.3, -0.25) is 4.79 Å². The van der Waals surface area contributed by atoms with Crippen LogP contribution >= 0.6 is 0 Å². The van der Waals surface area contributed by atoms with Crippen LogP contribution in [-0.4, -0.2) is 17.4 Å². The molecule has 2 fully saturated rings. The van der Waals surface area contributed by atoms with Crippen LogP contribution in [0.25, 0.3) is 0 Å². The van der Waals surface area contributed by atoms with Crippen LogP contribution in [-0.2, 0) is 4.79 Å². The van der Waals surface area contributed by atoms with Crippen molar-refractivity contribution >= 4 is 5.91 Å². The topological polar surface area (TPSA) is 20.3 Å². The Balaban J connectivity index is 1.79. The van der Waals surface area contributed by atoms with Crippen molar-refractivity contribution in [1.82, 2.24) is 4.90 Å². The number of hydrogen-bond acceptors (Lipinski definition) is 1. The molecule has 1 saturated carbocycles. The monoisotopic (exact) mass is 229 g/mol. The summed E-state index contributed by atoms with van der Waals surface area (Å²) in [5, 5.41) is 0. The molecule has 1 atom stereocenters. The molecule has 1 heterocycles. The van der Waals surface area contributed by atoms with E-state index in [9.17, 15) is 4.79 Å². The molecule has 1 saturated heterocycles. The highest BCUT2D eigenvalue weighted by atomic mass is 16.2. The highest BCUT2D eigenvalue weighted by molar-refractivity contribution is 5.80. The minimum Gasteiger partial charge on any atom is -0.335 e. The summed E-state index contributed by atoms with van der Waals surface area (Å²) in [7, 11) is 0. The quantitative estimate of drug-likeness (QED) is 0.763. The average Bonchev–Trinajstić information content (AvgIpc) is 2.67. The summed E-state index contributed by atoms with van der Waals surface area (Å²) >= 11 is 0. The number of rotatable bonds is 2. The second-order valence-corrected chi connectivity index (χ2v) is 5.64. The Kier molecular flexibility index (Phi) is 2.46. The molecule has 2 heteroatoms. The SMILES string of the molecule is C[C@H](c1ccccc1)N1CC2(CCC2)CC1=O. The van der Waals surface area contributed by atoms with E-state index in [2.05, 4.69) is 24.0 Å². The van der Waals surface area contributed by atoms with Gasteiger partial charge in [0.2, 0.25) is 5.91 Å². The van der Waals surface area contributed by atoms with Crippen molar-refractivity contribution in [2.75, 3.05) is 6.54 Å². The fraction of sp³-hybridized carbons (Fsp3) is 0.533. The Hall–Kier alpha value is -1.31. The molecule has 1 aliphatic heterocycles. The first kappa shape index (κ1) is 10.8. The highest BCUT2D eigenvalue weighted by Gasteiger charge is 2.48. The number of carbonyl (C=O) groups excluding carboxylic acids is 1. The second kappa shape index (κ2) is 3.86. The number of hydrogen-bond donors (Lipinski definition) is 0. The molecule has 1 aliphatic carbocycles. The molecule has 17 heavy (non-hydrogen) atoms. The third-order valence-electron chi connectivity index (χ3n) is 4.52. The minimum atomic E-state index is 0.226. The molecule has 1 spiro atoms. The van der Waals surface area contributed by atoms with Crippen LogP contribution in [0.4, 0.5) is 0 Å². The maximum Gasteiger partial charge on any atom is 0.223 e. The lowest BCUT2D eigenvalue weighted by Crippen LogP contribution is -2.34. The van der Waals surface area contributed by atoms with Gasteiger partial charge in [0.15, 0.2) is 0 Å². The lowest BCUT2D eigenvalue weighted by atomic mass is 9.68. The van der Waals surface area contributed by atoms with Crippen LogP contribution in [0.15, 0.2) is 30.3 Å². The lowest BCUT2D eigenvalue weighted by Gasteiger charge is -2.38. The maximum absolute atomic E-state index is 12.1. The molecular formula is C15H19NO. The van der Waals surface area contributed by atoms with Gasteiger partial charge in [-0.15, -0.1) is 0 Å². The van der Waals surface area contributed by atoms with Gasteiger partial charge in [-0.05, 0) is 30.7 Å². The standard InChI is InChI=1S/C15H19NO/c1-12(13-6-3-2-4-7-13)16-11-15(8-5-9-15)10-14(16)17/h2-4,6-7,12H,5,8-11H2,1H3/t12-/m1/s1. The first-order valence-corrected chi connectivity index (χ1v) is 6.55. The highest BCUT2D eigenvalue weighted by Crippen LogP contribution is 2.50. The Morgan fingerprint density at radius 1 is 1.24 bits per heavy atom. The zero-order chi connectivity index (χ0) is 11.9. The minimum absolute atomic E-state index is 0.226. The smallest absolute Gasteiger partial charge is 0.223 e. The van der Waals surface area contributed by atoms with Gasteiger partial charge in [0, 0.05) is 13.0 Å². The number of benzene rings is 1. The summed E-state index contributed by atoms with van der Waals surface area (Å²) in [6.45, 7) is 3.12. The zero-order valence-electron chi connectivity index (χ0n) is 10.4. The normalized spacial score (nSPS) is 23.8. The van der Waals surface area contributed by atoms with E-state index in [4.69, 9.17) is 0 Å². The molecule has 2 nitrogen and oxygen atoms in total. The van der Waals surface area contributed by atoms with Gasteiger partial charge in [-0.1, -0.05) is 36.8 Å². The van der Waals surface area contributed by atoms with E-state index in [0.29, 0.717) is 11.3 Å². The van der Waals surface area contributed by atoms with E-state index in [1.165, 1.54) is 24.8 Å². The Bertz CT molecular complexity index is 422. The summed E-state index contributed by atoms with van der Waals surface area (Å²) in [6, 6.07) is 10.6. The van der Waals surface area contributed by atoms with Gasteiger partial charge in [-0.25, -0.2) is 0 Å². The van der Waals surface area contributed by atoms with Gasteiger partial charge in [0.05, 0.1) is 6.04 Å². The van der Waals surface area contributed by atoms with Crippen molar-refractivity contribution in [2.24, 2.45) is 5.41 Å². The molecule has 0 bridgehead atoms. The van der Waals surface area contributed by atoms with E-state index >= 15 is 0 Å². The van der Waals surface area contributed by atoms with Crippen molar-refractivity contribution in [2.45, 2.75) is 38.6 Å². The molecule has 1 aromatic carbocycles. The van der Waals surface area contributed by atoms with Crippen molar-refractivity contribution in [3.63, 3.8) is 0 Å². The van der Waals surface area contributed by atoms with E-state index in [-0.39, 0.29) is 6.04 Å². The molecule has 0 aromatic heterocycles. The summed E-state index contributed by atoms with van der Waals surface area (Å²) in [5.41, 5.74) is 1.59. The molecule has 90 valence electrons. The zero-order valence-corrected chi connectivity index (χ0v) is 10.4. The first-order valence-electron chi connectivity index (χ1n) is 6.55. The van der Waals surface area contributed by atoms with E-state index in [0.717, 1.165) is 13.0 Å². The van der Waals surface area contributed by atoms with E-state index in [1.54, 1.807) is 0 Å². The molecular weight excluding hydrogens is 210 g/mol. The van der Waals surface area contributed by atoms with Crippen LogP contribution in [0.1, 0.15) is 44.2 Å². The van der Waals surface area contributed by atoms with E-state index in [1.807, 2.05) is 18.2 Å². The largest absolute Gasteiger partial charge is 0.335 e. The third-order valence-corrected chi connectivity index (χ3v) is 4.52. The van der Waals surface area contributed by atoms with Gasteiger partial charge in [0.1, 0.15) is 0 Å².